The van der Waals surface area contributed by atoms with E-state index in [4.69, 9.17) is 32.7 Å². The lowest BCUT2D eigenvalue weighted by molar-refractivity contribution is -0.124. The van der Waals surface area contributed by atoms with Gasteiger partial charge in [-0.1, -0.05) is 41.4 Å². The van der Waals surface area contributed by atoms with Crippen molar-refractivity contribution in [3.05, 3.63) is 63.6 Å². The van der Waals surface area contributed by atoms with Crippen LogP contribution in [-0.2, 0) is 16.0 Å². The van der Waals surface area contributed by atoms with Crippen LogP contribution in [0.15, 0.2) is 42.5 Å². The van der Waals surface area contributed by atoms with Gasteiger partial charge < -0.3 is 14.8 Å². The third kappa shape index (κ3) is 5.66. The average molecular weight is 382 g/mol. The molecule has 0 aliphatic rings. The van der Waals surface area contributed by atoms with E-state index in [1.165, 1.54) is 6.07 Å². The van der Waals surface area contributed by atoms with Gasteiger partial charge in [0, 0.05) is 6.54 Å². The Hall–Kier alpha value is -2.24. The molecule has 5 nitrogen and oxygen atoms in total. The third-order valence-electron chi connectivity index (χ3n) is 3.40. The fourth-order valence-corrected chi connectivity index (χ4v) is 2.44. The molecular formula is C18H17Cl2NO4. The summed E-state index contributed by atoms with van der Waals surface area (Å²) < 4.78 is 10.0. The molecule has 0 heterocycles. The Balaban J connectivity index is 1.74. The molecule has 7 heteroatoms. The summed E-state index contributed by atoms with van der Waals surface area (Å²) in [6.45, 7) is 0.0465. The highest BCUT2D eigenvalue weighted by molar-refractivity contribution is 6.43. The summed E-state index contributed by atoms with van der Waals surface area (Å²) >= 11 is 11.8. The lowest BCUT2D eigenvalue weighted by atomic mass is 10.1. The molecule has 2 rings (SSSR count). The van der Waals surface area contributed by atoms with Crippen LogP contribution in [0.2, 0.25) is 10.0 Å². The monoisotopic (exact) mass is 381 g/mol. The van der Waals surface area contributed by atoms with Crippen molar-refractivity contribution in [1.29, 1.82) is 0 Å². The van der Waals surface area contributed by atoms with E-state index in [1.54, 1.807) is 19.2 Å². The maximum Gasteiger partial charge on any atom is 0.340 e. The Morgan fingerprint density at radius 3 is 2.48 bits per heavy atom. The maximum absolute atomic E-state index is 11.9. The molecule has 0 fully saturated rings. The normalized spacial score (nSPS) is 10.2. The lowest BCUT2D eigenvalue weighted by Gasteiger charge is -2.08. The van der Waals surface area contributed by atoms with Gasteiger partial charge in [-0.15, -0.1) is 0 Å². The molecule has 2 aromatic rings. The molecule has 0 saturated heterocycles. The predicted octanol–water partition coefficient (Wildman–Crippen LogP) is 3.52. The highest BCUT2D eigenvalue weighted by atomic mass is 35.5. The van der Waals surface area contributed by atoms with Gasteiger partial charge in [-0.05, 0) is 36.2 Å². The summed E-state index contributed by atoms with van der Waals surface area (Å²) in [5.74, 6) is -0.308. The minimum Gasteiger partial charge on any atom is -0.497 e. The van der Waals surface area contributed by atoms with Gasteiger partial charge in [-0.25, -0.2) is 4.79 Å². The fraction of sp³-hybridized carbons (Fsp3) is 0.222. The van der Waals surface area contributed by atoms with Gasteiger partial charge in [0.1, 0.15) is 5.75 Å². The van der Waals surface area contributed by atoms with Gasteiger partial charge in [0.15, 0.2) is 6.61 Å². The quantitative estimate of drug-likeness (QED) is 0.745. The molecule has 0 bridgehead atoms. The first-order chi connectivity index (χ1) is 12.0. The van der Waals surface area contributed by atoms with E-state index in [-0.39, 0.29) is 28.1 Å². The van der Waals surface area contributed by atoms with Crippen LogP contribution in [0.25, 0.3) is 0 Å². The standard InChI is InChI=1S/C18H17Cl2NO4/c1-24-13-7-5-12(6-8-13)9-10-21-16(22)11-25-18(23)14-3-2-4-15(19)17(14)20/h2-8H,9-11H2,1H3,(H,21,22). The van der Waals surface area contributed by atoms with Crippen molar-refractivity contribution in [3.8, 4) is 5.75 Å². The number of ether oxygens (including phenoxy) is 2. The molecule has 0 radical (unpaired) electrons. The molecule has 2 aromatic carbocycles. The molecule has 0 aliphatic carbocycles. The van der Waals surface area contributed by atoms with Crippen molar-refractivity contribution in [2.45, 2.75) is 6.42 Å². The zero-order chi connectivity index (χ0) is 18.2. The van der Waals surface area contributed by atoms with E-state index in [9.17, 15) is 9.59 Å². The molecule has 25 heavy (non-hydrogen) atoms. The van der Waals surface area contributed by atoms with Crippen molar-refractivity contribution >= 4 is 35.1 Å². The number of amides is 1. The Morgan fingerprint density at radius 2 is 1.80 bits per heavy atom. The molecule has 0 saturated carbocycles. The van der Waals surface area contributed by atoms with Gasteiger partial charge in [0.2, 0.25) is 0 Å². The maximum atomic E-state index is 11.9. The van der Waals surface area contributed by atoms with Gasteiger partial charge in [0.25, 0.3) is 5.91 Å². The number of carbonyl (C=O) groups is 2. The highest BCUT2D eigenvalue weighted by Crippen LogP contribution is 2.25. The average Bonchev–Trinajstić information content (AvgIpc) is 2.62. The van der Waals surface area contributed by atoms with Crippen LogP contribution in [-0.4, -0.2) is 32.1 Å². The third-order valence-corrected chi connectivity index (χ3v) is 4.22. The smallest absolute Gasteiger partial charge is 0.340 e. The predicted molar refractivity (Wildman–Crippen MR) is 96.5 cm³/mol. The molecule has 1 N–H and O–H groups in total. The van der Waals surface area contributed by atoms with E-state index in [0.717, 1.165) is 11.3 Å². The first kappa shape index (κ1) is 19.1. The number of carbonyl (C=O) groups excluding carboxylic acids is 2. The largest absolute Gasteiger partial charge is 0.497 e. The number of esters is 1. The first-order valence-corrected chi connectivity index (χ1v) is 8.27. The minimum atomic E-state index is -0.696. The van der Waals surface area contributed by atoms with Crippen molar-refractivity contribution < 1.29 is 19.1 Å². The van der Waals surface area contributed by atoms with Crippen molar-refractivity contribution in [2.75, 3.05) is 20.3 Å². The number of benzene rings is 2. The number of nitrogens with one attached hydrogen (secondary N) is 1. The Kier molecular flexibility index (Phi) is 7.10. The Bertz CT molecular complexity index is 747. The van der Waals surface area contributed by atoms with E-state index in [1.807, 2.05) is 24.3 Å². The molecule has 0 atom stereocenters. The molecular weight excluding hydrogens is 365 g/mol. The van der Waals surface area contributed by atoms with Crippen LogP contribution in [0.3, 0.4) is 0 Å². The molecule has 1 amide bonds. The molecule has 132 valence electrons. The lowest BCUT2D eigenvalue weighted by Crippen LogP contribution is -2.30. The van der Waals surface area contributed by atoms with Crippen molar-refractivity contribution in [3.63, 3.8) is 0 Å². The highest BCUT2D eigenvalue weighted by Gasteiger charge is 2.15. The van der Waals surface area contributed by atoms with Crippen LogP contribution >= 0.6 is 23.2 Å². The van der Waals surface area contributed by atoms with Crippen LogP contribution < -0.4 is 10.1 Å². The second kappa shape index (κ2) is 9.30. The SMILES string of the molecule is COc1ccc(CCNC(=O)COC(=O)c2cccc(Cl)c2Cl)cc1. The van der Waals surface area contributed by atoms with Gasteiger partial charge in [-0.3, -0.25) is 4.79 Å². The van der Waals surface area contributed by atoms with Gasteiger partial charge in [0.05, 0.1) is 22.7 Å². The molecule has 0 spiro atoms. The summed E-state index contributed by atoms with van der Waals surface area (Å²) in [6, 6.07) is 12.2. The van der Waals surface area contributed by atoms with E-state index in [0.29, 0.717) is 13.0 Å². The summed E-state index contributed by atoms with van der Waals surface area (Å²) in [5.41, 5.74) is 1.18. The molecule has 0 aliphatic heterocycles. The summed E-state index contributed by atoms with van der Waals surface area (Å²) in [7, 11) is 1.60. The van der Waals surface area contributed by atoms with E-state index >= 15 is 0 Å². The topological polar surface area (TPSA) is 64.6 Å². The summed E-state index contributed by atoms with van der Waals surface area (Å²) in [6.07, 6.45) is 0.657. The van der Waals surface area contributed by atoms with E-state index in [2.05, 4.69) is 5.32 Å². The van der Waals surface area contributed by atoms with Crippen LogP contribution in [0.4, 0.5) is 0 Å². The summed E-state index contributed by atoms with van der Waals surface area (Å²) in [5, 5.41) is 3.04. The number of rotatable bonds is 7. The molecule has 0 aromatic heterocycles. The number of hydrogen-bond acceptors (Lipinski definition) is 4. The van der Waals surface area contributed by atoms with E-state index < -0.39 is 5.97 Å². The van der Waals surface area contributed by atoms with Crippen LogP contribution in [0, 0.1) is 0 Å². The van der Waals surface area contributed by atoms with Crippen LogP contribution in [0.5, 0.6) is 5.75 Å². The second-order valence-electron chi connectivity index (χ2n) is 5.13. The fourth-order valence-electron chi connectivity index (χ4n) is 2.06. The zero-order valence-electron chi connectivity index (χ0n) is 13.6. The van der Waals surface area contributed by atoms with Gasteiger partial charge in [-0.2, -0.15) is 0 Å². The van der Waals surface area contributed by atoms with Gasteiger partial charge >= 0.3 is 5.97 Å². The van der Waals surface area contributed by atoms with Crippen molar-refractivity contribution in [1.82, 2.24) is 5.32 Å². The Labute approximate surface area is 155 Å². The number of methoxy groups -OCH3 is 1. The van der Waals surface area contributed by atoms with Crippen molar-refractivity contribution in [2.24, 2.45) is 0 Å². The Morgan fingerprint density at radius 1 is 1.08 bits per heavy atom. The number of hydrogen-bond donors (Lipinski definition) is 1. The molecule has 0 unspecified atom stereocenters. The number of halogens is 2. The minimum absolute atomic E-state index is 0.106. The second-order valence-corrected chi connectivity index (χ2v) is 5.91. The van der Waals surface area contributed by atoms with Crippen LogP contribution in [0.1, 0.15) is 15.9 Å². The first-order valence-electron chi connectivity index (χ1n) is 7.52. The summed E-state index contributed by atoms with van der Waals surface area (Å²) in [4.78, 5) is 23.7. The zero-order valence-corrected chi connectivity index (χ0v) is 15.1.